The van der Waals surface area contributed by atoms with E-state index in [0.717, 1.165) is 41.9 Å². The van der Waals surface area contributed by atoms with Crippen LogP contribution in [-0.2, 0) is 17.6 Å². The van der Waals surface area contributed by atoms with E-state index in [1.807, 2.05) is 43.0 Å². The van der Waals surface area contributed by atoms with Crippen molar-refractivity contribution in [2.24, 2.45) is 0 Å². The standard InChI is InChI=1S/C21H25N5O2/c1-3-16-14(2)23-19-13-17(24-26(19)21(16)28)18-9-5-7-11-25(18)20(27)12-15-8-4-6-10-22-15/h4,6,8,10,13,18,24H,3,5,7,9,11-12H2,1-2H3/t18-/m0/s1. The first-order valence-electron chi connectivity index (χ1n) is 9.89. The predicted molar refractivity (Wildman–Crippen MR) is 106 cm³/mol. The highest BCUT2D eigenvalue weighted by molar-refractivity contribution is 5.79. The van der Waals surface area contributed by atoms with E-state index in [4.69, 9.17) is 0 Å². The number of pyridine rings is 1. The van der Waals surface area contributed by atoms with Gasteiger partial charge in [0.2, 0.25) is 5.91 Å². The van der Waals surface area contributed by atoms with E-state index in [9.17, 15) is 9.59 Å². The third kappa shape index (κ3) is 3.32. The summed E-state index contributed by atoms with van der Waals surface area (Å²) < 4.78 is 1.51. The van der Waals surface area contributed by atoms with Gasteiger partial charge in [-0.05, 0) is 44.7 Å². The monoisotopic (exact) mass is 379 g/mol. The Balaban J connectivity index is 1.67. The van der Waals surface area contributed by atoms with Crippen LogP contribution in [0, 0.1) is 6.92 Å². The lowest BCUT2D eigenvalue weighted by Gasteiger charge is -2.35. The Morgan fingerprint density at radius 3 is 2.93 bits per heavy atom. The van der Waals surface area contributed by atoms with Gasteiger partial charge in [0.05, 0.1) is 18.2 Å². The summed E-state index contributed by atoms with van der Waals surface area (Å²) in [5.41, 5.74) is 3.68. The summed E-state index contributed by atoms with van der Waals surface area (Å²) in [7, 11) is 0. The normalized spacial score (nSPS) is 17.2. The Kier molecular flexibility index (Phi) is 4.98. The van der Waals surface area contributed by atoms with Gasteiger partial charge in [-0.3, -0.25) is 19.7 Å². The first-order chi connectivity index (χ1) is 13.6. The first-order valence-corrected chi connectivity index (χ1v) is 9.89. The fraction of sp³-hybridized carbons (Fsp3) is 0.429. The maximum Gasteiger partial charge on any atom is 0.276 e. The molecule has 1 aliphatic rings. The van der Waals surface area contributed by atoms with Crippen molar-refractivity contribution in [3.8, 4) is 0 Å². The van der Waals surface area contributed by atoms with Crippen molar-refractivity contribution in [1.82, 2.24) is 24.5 Å². The Hall–Kier alpha value is -2.96. The smallest absolute Gasteiger partial charge is 0.276 e. The van der Waals surface area contributed by atoms with Gasteiger partial charge in [0, 0.05) is 35.8 Å². The molecule has 146 valence electrons. The second-order valence-electron chi connectivity index (χ2n) is 7.34. The van der Waals surface area contributed by atoms with E-state index in [0.29, 0.717) is 18.6 Å². The van der Waals surface area contributed by atoms with Crippen LogP contribution in [0.1, 0.15) is 54.9 Å². The zero-order valence-electron chi connectivity index (χ0n) is 16.3. The molecule has 0 aromatic carbocycles. The highest BCUT2D eigenvalue weighted by Gasteiger charge is 2.30. The number of hydrogen-bond acceptors (Lipinski definition) is 4. The van der Waals surface area contributed by atoms with Crippen molar-refractivity contribution < 1.29 is 4.79 Å². The number of fused-ring (bicyclic) bond motifs is 1. The fourth-order valence-corrected chi connectivity index (χ4v) is 4.08. The number of hydrogen-bond donors (Lipinski definition) is 1. The molecule has 0 aliphatic carbocycles. The molecule has 1 saturated heterocycles. The summed E-state index contributed by atoms with van der Waals surface area (Å²) in [6.07, 6.45) is 5.55. The van der Waals surface area contributed by atoms with Crippen molar-refractivity contribution >= 4 is 11.6 Å². The number of carbonyl (C=O) groups excluding carboxylic acids is 1. The lowest BCUT2D eigenvalue weighted by atomic mass is 9.98. The van der Waals surface area contributed by atoms with Crippen LogP contribution in [0.5, 0.6) is 0 Å². The molecule has 1 fully saturated rings. The second-order valence-corrected chi connectivity index (χ2v) is 7.34. The van der Waals surface area contributed by atoms with Gasteiger partial charge in [0.25, 0.3) is 5.56 Å². The molecular formula is C21H25N5O2. The number of piperidine rings is 1. The molecule has 3 aromatic heterocycles. The van der Waals surface area contributed by atoms with Crippen LogP contribution in [0.25, 0.3) is 5.65 Å². The lowest BCUT2D eigenvalue weighted by Crippen LogP contribution is -2.39. The molecule has 0 unspecified atom stereocenters. The van der Waals surface area contributed by atoms with Gasteiger partial charge < -0.3 is 4.90 Å². The molecule has 3 aromatic rings. The summed E-state index contributed by atoms with van der Waals surface area (Å²) in [5.74, 6) is 0.0628. The molecule has 1 amide bonds. The maximum atomic E-state index is 13.0. The topological polar surface area (TPSA) is 83.4 Å². The molecule has 4 rings (SSSR count). The van der Waals surface area contributed by atoms with Crippen molar-refractivity contribution in [1.29, 1.82) is 0 Å². The van der Waals surface area contributed by atoms with Gasteiger partial charge in [0.1, 0.15) is 0 Å². The van der Waals surface area contributed by atoms with E-state index < -0.39 is 0 Å². The highest BCUT2D eigenvalue weighted by atomic mass is 16.2. The van der Waals surface area contributed by atoms with Crippen LogP contribution in [0.2, 0.25) is 0 Å². The molecule has 7 nitrogen and oxygen atoms in total. The molecule has 1 N–H and O–H groups in total. The van der Waals surface area contributed by atoms with Crippen molar-refractivity contribution in [3.05, 3.63) is 63.5 Å². The van der Waals surface area contributed by atoms with Gasteiger partial charge >= 0.3 is 0 Å². The second kappa shape index (κ2) is 7.58. The minimum absolute atomic E-state index is 0.0570. The molecule has 28 heavy (non-hydrogen) atoms. The Morgan fingerprint density at radius 2 is 2.18 bits per heavy atom. The van der Waals surface area contributed by atoms with E-state index in [-0.39, 0.29) is 23.9 Å². The van der Waals surface area contributed by atoms with Crippen LogP contribution >= 0.6 is 0 Å². The Bertz CT molecular complexity index is 1050. The molecule has 0 radical (unpaired) electrons. The summed E-state index contributed by atoms with van der Waals surface area (Å²) >= 11 is 0. The Labute approximate surface area is 163 Å². The molecule has 7 heteroatoms. The minimum atomic E-state index is -0.0727. The van der Waals surface area contributed by atoms with Crippen LogP contribution < -0.4 is 5.56 Å². The summed E-state index contributed by atoms with van der Waals surface area (Å²) in [6, 6.07) is 7.45. The number of nitrogens with zero attached hydrogens (tertiary/aromatic N) is 4. The van der Waals surface area contributed by atoms with E-state index in [1.165, 1.54) is 4.52 Å². The number of rotatable bonds is 4. The van der Waals surface area contributed by atoms with Gasteiger partial charge in [-0.2, -0.15) is 0 Å². The van der Waals surface area contributed by atoms with E-state index >= 15 is 0 Å². The number of aromatic amines is 1. The quantitative estimate of drug-likeness (QED) is 0.755. The molecule has 1 aliphatic heterocycles. The minimum Gasteiger partial charge on any atom is -0.334 e. The van der Waals surface area contributed by atoms with Crippen LogP contribution in [0.3, 0.4) is 0 Å². The number of aryl methyl sites for hydroxylation is 1. The third-order valence-electron chi connectivity index (χ3n) is 5.53. The van der Waals surface area contributed by atoms with E-state index in [1.54, 1.807) is 6.20 Å². The molecule has 0 spiro atoms. The maximum absolute atomic E-state index is 13.0. The molecule has 1 atom stereocenters. The number of amides is 1. The van der Waals surface area contributed by atoms with Crippen LogP contribution in [-0.4, -0.2) is 36.9 Å². The van der Waals surface area contributed by atoms with Gasteiger partial charge in [-0.25, -0.2) is 9.50 Å². The van der Waals surface area contributed by atoms with Gasteiger partial charge in [0.15, 0.2) is 5.65 Å². The van der Waals surface area contributed by atoms with Gasteiger partial charge in [-0.15, -0.1) is 0 Å². The van der Waals surface area contributed by atoms with Crippen molar-refractivity contribution in [3.63, 3.8) is 0 Å². The number of H-pyrrole nitrogens is 1. The molecule has 0 bridgehead atoms. The number of carbonyl (C=O) groups is 1. The summed E-state index contributed by atoms with van der Waals surface area (Å²) in [4.78, 5) is 36.5. The zero-order valence-corrected chi connectivity index (χ0v) is 16.3. The fourth-order valence-electron chi connectivity index (χ4n) is 4.08. The number of likely N-dealkylation sites (tertiary alicyclic amines) is 1. The Morgan fingerprint density at radius 1 is 1.32 bits per heavy atom. The first kappa shape index (κ1) is 18.4. The average molecular weight is 379 g/mol. The van der Waals surface area contributed by atoms with Crippen LogP contribution in [0.15, 0.2) is 35.3 Å². The predicted octanol–water partition coefficient (Wildman–Crippen LogP) is 2.58. The number of aromatic nitrogens is 4. The van der Waals surface area contributed by atoms with Gasteiger partial charge in [-0.1, -0.05) is 13.0 Å². The van der Waals surface area contributed by atoms with Crippen molar-refractivity contribution in [2.75, 3.05) is 6.54 Å². The lowest BCUT2D eigenvalue weighted by molar-refractivity contribution is -0.134. The summed E-state index contributed by atoms with van der Waals surface area (Å²) in [5, 5.41) is 3.22. The van der Waals surface area contributed by atoms with E-state index in [2.05, 4.69) is 15.1 Å². The summed E-state index contributed by atoms with van der Waals surface area (Å²) in [6.45, 7) is 4.55. The molecule has 4 heterocycles. The third-order valence-corrected chi connectivity index (χ3v) is 5.53. The zero-order chi connectivity index (χ0) is 19.7. The molecule has 0 saturated carbocycles. The van der Waals surface area contributed by atoms with Crippen molar-refractivity contribution in [2.45, 2.75) is 52.0 Å². The number of nitrogens with one attached hydrogen (secondary N) is 1. The SMILES string of the molecule is CCc1c(C)nc2cc([C@@H]3CCCCN3C(=O)Cc3ccccn3)[nH]n2c1=O. The highest BCUT2D eigenvalue weighted by Crippen LogP contribution is 2.31. The van der Waals surface area contributed by atoms with Crippen LogP contribution in [0.4, 0.5) is 0 Å². The largest absolute Gasteiger partial charge is 0.334 e. The average Bonchev–Trinajstić information content (AvgIpc) is 3.13. The molecular weight excluding hydrogens is 354 g/mol.